The summed E-state index contributed by atoms with van der Waals surface area (Å²) in [5.41, 5.74) is 2.02. The summed E-state index contributed by atoms with van der Waals surface area (Å²) >= 11 is 0. The zero-order valence-electron chi connectivity index (χ0n) is 14.1. The number of aryl methyl sites for hydroxylation is 1. The summed E-state index contributed by atoms with van der Waals surface area (Å²) in [4.78, 5) is 14.6. The third kappa shape index (κ3) is 3.43. The van der Waals surface area contributed by atoms with E-state index in [0.717, 1.165) is 43.1 Å². The van der Waals surface area contributed by atoms with Gasteiger partial charge in [-0.25, -0.2) is 4.68 Å². The minimum atomic E-state index is 0.0112. The molecule has 6 heteroatoms. The second-order valence-corrected chi connectivity index (χ2v) is 7.07. The van der Waals surface area contributed by atoms with E-state index in [9.17, 15) is 4.79 Å². The van der Waals surface area contributed by atoms with Crippen LogP contribution in [0, 0.1) is 6.92 Å². The Bertz CT molecular complexity index is 762. The quantitative estimate of drug-likeness (QED) is 0.813. The third-order valence-electron chi connectivity index (χ3n) is 5.09. The van der Waals surface area contributed by atoms with Gasteiger partial charge in [-0.1, -0.05) is 5.16 Å². The molecule has 2 aliphatic rings. The van der Waals surface area contributed by atoms with E-state index in [-0.39, 0.29) is 5.56 Å². The van der Waals surface area contributed by atoms with E-state index in [1.165, 1.54) is 19.3 Å². The predicted molar refractivity (Wildman–Crippen MR) is 90.0 cm³/mol. The molecule has 0 amide bonds. The summed E-state index contributed by atoms with van der Waals surface area (Å²) in [6.45, 7) is 4.65. The lowest BCUT2D eigenvalue weighted by molar-refractivity contribution is 0.220. The van der Waals surface area contributed by atoms with E-state index in [4.69, 9.17) is 4.52 Å². The van der Waals surface area contributed by atoms with Crippen molar-refractivity contribution in [1.29, 1.82) is 0 Å². The molecule has 0 spiro atoms. The summed E-state index contributed by atoms with van der Waals surface area (Å²) in [5, 5.41) is 8.55. The van der Waals surface area contributed by atoms with Gasteiger partial charge in [-0.05, 0) is 45.2 Å². The Kier molecular flexibility index (Phi) is 4.22. The summed E-state index contributed by atoms with van der Waals surface area (Å²) in [5.74, 6) is 1.51. The molecule has 1 unspecified atom stereocenters. The highest BCUT2D eigenvalue weighted by atomic mass is 16.5. The van der Waals surface area contributed by atoms with Gasteiger partial charge in [0, 0.05) is 37.1 Å². The molecule has 1 aliphatic heterocycles. The topological polar surface area (TPSA) is 64.2 Å². The molecule has 0 aromatic carbocycles. The maximum atomic E-state index is 12.1. The van der Waals surface area contributed by atoms with Crippen molar-refractivity contribution in [3.8, 4) is 0 Å². The van der Waals surface area contributed by atoms with Crippen molar-refractivity contribution >= 4 is 0 Å². The van der Waals surface area contributed by atoms with Crippen LogP contribution < -0.4 is 5.56 Å². The average molecular weight is 328 g/mol. The second kappa shape index (κ2) is 6.51. The molecule has 1 saturated heterocycles. The molecule has 128 valence electrons. The van der Waals surface area contributed by atoms with E-state index in [1.807, 2.05) is 19.1 Å². The molecule has 1 saturated carbocycles. The van der Waals surface area contributed by atoms with Crippen molar-refractivity contribution in [1.82, 2.24) is 19.8 Å². The van der Waals surface area contributed by atoms with E-state index >= 15 is 0 Å². The lowest BCUT2D eigenvalue weighted by atomic mass is 10.2. The van der Waals surface area contributed by atoms with Gasteiger partial charge in [0.2, 0.25) is 0 Å². The Morgan fingerprint density at radius 1 is 1.29 bits per heavy atom. The predicted octanol–water partition coefficient (Wildman–Crippen LogP) is 2.12. The fraction of sp³-hybridized carbons (Fsp3) is 0.611. The summed E-state index contributed by atoms with van der Waals surface area (Å²) in [6, 6.07) is 5.96. The molecule has 2 aromatic rings. The molecule has 4 rings (SSSR count). The number of aromatic nitrogens is 3. The van der Waals surface area contributed by atoms with Gasteiger partial charge in [0.1, 0.15) is 5.76 Å². The van der Waals surface area contributed by atoms with Crippen LogP contribution in [0.25, 0.3) is 0 Å². The number of hydrogen-bond acceptors (Lipinski definition) is 5. The van der Waals surface area contributed by atoms with Crippen LogP contribution in [0.2, 0.25) is 0 Å². The van der Waals surface area contributed by atoms with Crippen LogP contribution in [0.5, 0.6) is 0 Å². The highest BCUT2D eigenvalue weighted by Gasteiger charge is 2.28. The Balaban J connectivity index is 1.41. The van der Waals surface area contributed by atoms with Crippen molar-refractivity contribution in [3.05, 3.63) is 45.7 Å². The zero-order chi connectivity index (χ0) is 16.5. The fourth-order valence-corrected chi connectivity index (χ4v) is 3.58. The van der Waals surface area contributed by atoms with Crippen molar-refractivity contribution in [3.63, 3.8) is 0 Å². The van der Waals surface area contributed by atoms with Crippen LogP contribution in [0.4, 0.5) is 0 Å². The lowest BCUT2D eigenvalue weighted by Crippen LogP contribution is -2.38. The second-order valence-electron chi connectivity index (χ2n) is 7.07. The van der Waals surface area contributed by atoms with Crippen LogP contribution >= 0.6 is 0 Å². The van der Waals surface area contributed by atoms with Gasteiger partial charge >= 0.3 is 0 Å². The molecule has 3 heterocycles. The van der Waals surface area contributed by atoms with Gasteiger partial charge < -0.3 is 4.52 Å². The first-order chi connectivity index (χ1) is 11.7. The van der Waals surface area contributed by atoms with Crippen molar-refractivity contribution in [2.24, 2.45) is 0 Å². The number of likely N-dealkylation sites (tertiary alicyclic amines) is 1. The van der Waals surface area contributed by atoms with Crippen LogP contribution in [-0.2, 0) is 13.0 Å². The summed E-state index contributed by atoms with van der Waals surface area (Å²) in [7, 11) is 0. The minimum Gasteiger partial charge on any atom is -0.361 e. The third-order valence-corrected chi connectivity index (χ3v) is 5.09. The standard InChI is InChI=1S/C18H24N4O2/c1-13-11-16(24-20-13)8-10-21-9-2-3-15(21)12-22-18(23)7-6-17(19-22)14-4-5-14/h6-7,11,14-15H,2-5,8-10,12H2,1H3. The molecule has 0 N–H and O–H groups in total. The molecular formula is C18H24N4O2. The van der Waals surface area contributed by atoms with Crippen LogP contribution in [0.1, 0.15) is 48.7 Å². The maximum Gasteiger partial charge on any atom is 0.266 e. The van der Waals surface area contributed by atoms with Gasteiger partial charge in [0.25, 0.3) is 5.56 Å². The van der Waals surface area contributed by atoms with Crippen LogP contribution in [-0.4, -0.2) is 39.0 Å². The Morgan fingerprint density at radius 3 is 2.92 bits per heavy atom. The van der Waals surface area contributed by atoms with Crippen molar-refractivity contribution < 1.29 is 4.52 Å². The Morgan fingerprint density at radius 2 is 2.17 bits per heavy atom. The van der Waals surface area contributed by atoms with Gasteiger partial charge in [-0.15, -0.1) is 0 Å². The molecule has 1 atom stereocenters. The Labute approximate surface area is 141 Å². The highest BCUT2D eigenvalue weighted by Crippen LogP contribution is 2.38. The average Bonchev–Trinajstić information content (AvgIpc) is 3.20. The first-order valence-electron chi connectivity index (χ1n) is 8.93. The molecule has 0 bridgehead atoms. The van der Waals surface area contributed by atoms with Gasteiger partial charge in [0.05, 0.1) is 17.9 Å². The fourth-order valence-electron chi connectivity index (χ4n) is 3.58. The van der Waals surface area contributed by atoms with Crippen LogP contribution in [0.3, 0.4) is 0 Å². The van der Waals surface area contributed by atoms with E-state index < -0.39 is 0 Å². The molecule has 1 aliphatic carbocycles. The number of rotatable bonds is 6. The molecule has 24 heavy (non-hydrogen) atoms. The first-order valence-corrected chi connectivity index (χ1v) is 8.93. The monoisotopic (exact) mass is 328 g/mol. The van der Waals surface area contributed by atoms with Gasteiger partial charge in [0.15, 0.2) is 0 Å². The largest absolute Gasteiger partial charge is 0.361 e. The number of nitrogens with zero attached hydrogens (tertiary/aromatic N) is 4. The molecule has 6 nitrogen and oxygen atoms in total. The lowest BCUT2D eigenvalue weighted by Gasteiger charge is -2.24. The first kappa shape index (κ1) is 15.6. The van der Waals surface area contributed by atoms with Crippen LogP contribution in [0.15, 0.2) is 27.5 Å². The van der Waals surface area contributed by atoms with Gasteiger partial charge in [-0.3, -0.25) is 9.69 Å². The van der Waals surface area contributed by atoms with E-state index in [2.05, 4.69) is 15.2 Å². The van der Waals surface area contributed by atoms with E-state index in [0.29, 0.717) is 18.5 Å². The minimum absolute atomic E-state index is 0.0112. The summed E-state index contributed by atoms with van der Waals surface area (Å²) in [6.07, 6.45) is 5.57. The molecule has 2 aromatic heterocycles. The van der Waals surface area contributed by atoms with E-state index in [1.54, 1.807) is 10.7 Å². The molecule has 2 fully saturated rings. The maximum absolute atomic E-state index is 12.1. The summed E-state index contributed by atoms with van der Waals surface area (Å²) < 4.78 is 6.98. The molecular weight excluding hydrogens is 304 g/mol. The Hall–Kier alpha value is -1.95. The smallest absolute Gasteiger partial charge is 0.266 e. The normalized spacial score (nSPS) is 21.5. The SMILES string of the molecule is Cc1cc(CCN2CCCC2Cn2nc(C3CC3)ccc2=O)on1. The number of hydrogen-bond donors (Lipinski definition) is 0. The van der Waals surface area contributed by atoms with Gasteiger partial charge in [-0.2, -0.15) is 5.10 Å². The zero-order valence-corrected chi connectivity index (χ0v) is 14.1. The highest BCUT2D eigenvalue weighted by molar-refractivity contribution is 5.12. The molecule has 0 radical (unpaired) electrons. The van der Waals surface area contributed by atoms with Crippen molar-refractivity contribution in [2.45, 2.75) is 57.5 Å². The van der Waals surface area contributed by atoms with Crippen molar-refractivity contribution in [2.75, 3.05) is 13.1 Å².